The summed E-state index contributed by atoms with van der Waals surface area (Å²) in [7, 11) is 2.01. The number of aryl methyl sites for hydroxylation is 1. The minimum Gasteiger partial charge on any atom is -0.493 e. The van der Waals surface area contributed by atoms with Crippen molar-refractivity contribution in [2.45, 2.75) is 27.2 Å². The maximum Gasteiger partial charge on any atom is 0.159 e. The summed E-state index contributed by atoms with van der Waals surface area (Å²) in [4.78, 5) is 17.5. The van der Waals surface area contributed by atoms with Crippen LogP contribution < -0.4 is 4.74 Å². The maximum absolute atomic E-state index is 11.3. The number of ketones is 1. The minimum atomic E-state index is 0.0801. The van der Waals surface area contributed by atoms with Crippen LogP contribution in [0.4, 0.5) is 0 Å². The summed E-state index contributed by atoms with van der Waals surface area (Å²) in [6.45, 7) is 7.92. The smallest absolute Gasteiger partial charge is 0.159 e. The van der Waals surface area contributed by atoms with Crippen LogP contribution in [0.25, 0.3) is 0 Å². The van der Waals surface area contributed by atoms with E-state index in [0.717, 1.165) is 36.4 Å². The summed E-state index contributed by atoms with van der Waals surface area (Å²) in [5, 5.41) is 0. The first-order chi connectivity index (χ1) is 9.54. The molecular weight excluding hydrogens is 252 g/mol. The molecule has 0 radical (unpaired) electrons. The Balaban J connectivity index is 2.39. The third-order valence-electron chi connectivity index (χ3n) is 2.96. The van der Waals surface area contributed by atoms with Gasteiger partial charge >= 0.3 is 0 Å². The average molecular weight is 276 g/mol. The molecule has 0 aliphatic carbocycles. The molecule has 0 saturated heterocycles. The van der Waals surface area contributed by atoms with Gasteiger partial charge < -0.3 is 9.64 Å². The molecule has 0 amide bonds. The first-order valence-corrected chi connectivity index (χ1v) is 6.99. The van der Waals surface area contributed by atoms with E-state index in [0.29, 0.717) is 6.61 Å². The van der Waals surface area contributed by atoms with Crippen LogP contribution in [0.3, 0.4) is 0 Å². The van der Waals surface area contributed by atoms with Crippen LogP contribution in [0.2, 0.25) is 0 Å². The number of carbonyl (C=O) groups is 1. The number of hydrogen-bond donors (Lipinski definition) is 0. The molecule has 110 valence electrons. The van der Waals surface area contributed by atoms with Gasteiger partial charge in [-0.1, -0.05) is 0 Å². The molecule has 0 unspecified atom stereocenters. The summed E-state index contributed by atoms with van der Waals surface area (Å²) in [6.07, 6.45) is 2.78. The van der Waals surface area contributed by atoms with Crippen molar-refractivity contribution in [1.82, 2.24) is 4.90 Å². The average Bonchev–Trinajstić information content (AvgIpc) is 2.42. The number of benzene rings is 1. The van der Waals surface area contributed by atoms with Crippen molar-refractivity contribution in [1.29, 1.82) is 0 Å². The van der Waals surface area contributed by atoms with E-state index >= 15 is 0 Å². The molecule has 0 heterocycles. The monoisotopic (exact) mass is 276 g/mol. The van der Waals surface area contributed by atoms with Crippen LogP contribution in [0.1, 0.15) is 36.2 Å². The largest absolute Gasteiger partial charge is 0.493 e. The molecule has 1 rings (SSSR count). The van der Waals surface area contributed by atoms with Crippen molar-refractivity contribution < 1.29 is 9.53 Å². The molecule has 0 aliphatic rings. The normalized spacial score (nSPS) is 10.8. The van der Waals surface area contributed by atoms with E-state index in [1.807, 2.05) is 45.4 Å². The Kier molecular flexibility index (Phi) is 6.77. The van der Waals surface area contributed by atoms with Gasteiger partial charge in [-0.3, -0.25) is 9.79 Å². The Hall–Kier alpha value is -1.84. The van der Waals surface area contributed by atoms with E-state index < -0.39 is 0 Å². The number of ether oxygens (including phenoxy) is 1. The standard InChI is InChI=1S/C16H24N2O2/c1-5-17-12-18(4)9-6-10-20-16-8-7-15(14(3)19)11-13(16)2/h7-8,11-12H,5-6,9-10H2,1-4H3. The number of carbonyl (C=O) groups excluding carboxylic acids is 1. The first-order valence-electron chi connectivity index (χ1n) is 6.99. The molecule has 0 fully saturated rings. The molecule has 0 atom stereocenters. The molecular formula is C16H24N2O2. The van der Waals surface area contributed by atoms with Crippen molar-refractivity contribution in [2.24, 2.45) is 4.99 Å². The highest BCUT2D eigenvalue weighted by Crippen LogP contribution is 2.19. The topological polar surface area (TPSA) is 41.9 Å². The zero-order valence-corrected chi connectivity index (χ0v) is 12.8. The second-order valence-electron chi connectivity index (χ2n) is 4.83. The fourth-order valence-corrected chi connectivity index (χ4v) is 1.81. The van der Waals surface area contributed by atoms with Gasteiger partial charge in [0.05, 0.1) is 12.9 Å². The highest BCUT2D eigenvalue weighted by molar-refractivity contribution is 5.94. The summed E-state index contributed by atoms with van der Waals surface area (Å²) in [5.74, 6) is 0.927. The molecule has 0 aromatic heterocycles. The van der Waals surface area contributed by atoms with Crippen LogP contribution in [0, 0.1) is 6.92 Å². The molecule has 0 N–H and O–H groups in total. The minimum absolute atomic E-state index is 0.0801. The fraction of sp³-hybridized carbons (Fsp3) is 0.500. The third kappa shape index (κ3) is 5.43. The molecule has 4 heteroatoms. The molecule has 0 bridgehead atoms. The van der Waals surface area contributed by atoms with E-state index in [-0.39, 0.29) is 5.78 Å². The lowest BCUT2D eigenvalue weighted by Gasteiger charge is -2.14. The zero-order valence-electron chi connectivity index (χ0n) is 12.8. The molecule has 1 aromatic rings. The van der Waals surface area contributed by atoms with Gasteiger partial charge in [-0.25, -0.2) is 0 Å². The zero-order chi connectivity index (χ0) is 15.0. The molecule has 0 spiro atoms. The predicted octanol–water partition coefficient (Wildman–Crippen LogP) is 2.95. The predicted molar refractivity (Wildman–Crippen MR) is 83.0 cm³/mol. The lowest BCUT2D eigenvalue weighted by Crippen LogP contribution is -2.19. The highest BCUT2D eigenvalue weighted by atomic mass is 16.5. The van der Waals surface area contributed by atoms with Crippen molar-refractivity contribution >= 4 is 12.1 Å². The SMILES string of the molecule is CCN=CN(C)CCCOc1ccc(C(C)=O)cc1C. The second kappa shape index (κ2) is 8.35. The van der Waals surface area contributed by atoms with E-state index in [4.69, 9.17) is 4.74 Å². The lowest BCUT2D eigenvalue weighted by molar-refractivity contribution is 0.101. The van der Waals surface area contributed by atoms with Gasteiger partial charge in [-0.15, -0.1) is 0 Å². The van der Waals surface area contributed by atoms with Gasteiger partial charge in [0.25, 0.3) is 0 Å². The Labute approximate surface area is 121 Å². The van der Waals surface area contributed by atoms with Crippen LogP contribution in [0.15, 0.2) is 23.2 Å². The van der Waals surface area contributed by atoms with Gasteiger partial charge in [0.1, 0.15) is 5.75 Å². The van der Waals surface area contributed by atoms with E-state index in [1.54, 1.807) is 6.92 Å². The molecule has 4 nitrogen and oxygen atoms in total. The Morgan fingerprint density at radius 3 is 2.80 bits per heavy atom. The Bertz CT molecular complexity index is 470. The van der Waals surface area contributed by atoms with Crippen molar-refractivity contribution in [3.05, 3.63) is 29.3 Å². The summed E-state index contributed by atoms with van der Waals surface area (Å²) in [5.41, 5.74) is 1.73. The first kappa shape index (κ1) is 16.2. The van der Waals surface area contributed by atoms with Crippen molar-refractivity contribution in [3.8, 4) is 5.75 Å². The fourth-order valence-electron chi connectivity index (χ4n) is 1.81. The number of hydrogen-bond acceptors (Lipinski definition) is 3. The van der Waals surface area contributed by atoms with E-state index in [9.17, 15) is 4.79 Å². The lowest BCUT2D eigenvalue weighted by atomic mass is 10.1. The number of nitrogens with zero attached hydrogens (tertiary/aromatic N) is 2. The van der Waals surface area contributed by atoms with Crippen molar-refractivity contribution in [3.63, 3.8) is 0 Å². The maximum atomic E-state index is 11.3. The summed E-state index contributed by atoms with van der Waals surface area (Å²) >= 11 is 0. The van der Waals surface area contributed by atoms with Gasteiger partial charge in [-0.05, 0) is 51.0 Å². The van der Waals surface area contributed by atoms with E-state index in [1.165, 1.54) is 0 Å². The van der Waals surface area contributed by atoms with Gasteiger partial charge in [-0.2, -0.15) is 0 Å². The summed E-state index contributed by atoms with van der Waals surface area (Å²) < 4.78 is 5.74. The van der Waals surface area contributed by atoms with Gasteiger partial charge in [0, 0.05) is 25.7 Å². The highest BCUT2D eigenvalue weighted by Gasteiger charge is 2.04. The Morgan fingerprint density at radius 1 is 1.45 bits per heavy atom. The second-order valence-corrected chi connectivity index (χ2v) is 4.83. The Morgan fingerprint density at radius 2 is 2.20 bits per heavy atom. The molecule has 1 aromatic carbocycles. The van der Waals surface area contributed by atoms with Crippen LogP contribution in [-0.4, -0.2) is 43.8 Å². The molecule has 0 saturated carbocycles. The number of rotatable bonds is 8. The van der Waals surface area contributed by atoms with E-state index in [2.05, 4.69) is 9.89 Å². The van der Waals surface area contributed by atoms with Crippen LogP contribution >= 0.6 is 0 Å². The third-order valence-corrected chi connectivity index (χ3v) is 2.96. The van der Waals surface area contributed by atoms with Gasteiger partial charge in [0.2, 0.25) is 0 Å². The number of aliphatic imine (C=N–C) groups is 1. The molecule has 0 aliphatic heterocycles. The number of Topliss-reactive ketones (excluding diaryl/α,β-unsaturated/α-hetero) is 1. The quantitative estimate of drug-likeness (QED) is 0.317. The van der Waals surface area contributed by atoms with Crippen LogP contribution in [-0.2, 0) is 0 Å². The van der Waals surface area contributed by atoms with Crippen LogP contribution in [0.5, 0.6) is 5.75 Å². The molecule has 20 heavy (non-hydrogen) atoms. The van der Waals surface area contributed by atoms with Gasteiger partial charge in [0.15, 0.2) is 5.78 Å². The van der Waals surface area contributed by atoms with Crippen molar-refractivity contribution in [2.75, 3.05) is 26.7 Å². The summed E-state index contributed by atoms with van der Waals surface area (Å²) in [6, 6.07) is 5.55.